The standard InChI is InChI=1S/C16H20N6O2/c1-3-12-9-14(23)20-16(18-12)22-13(8-10(2)21-22)19-15(24)11-4-6-17-7-5-11/h4-8,12,16,18H,3,9H2,1-2H3,(H,19,24)(H,20,23). The molecule has 1 aliphatic heterocycles. The van der Waals surface area contributed by atoms with Gasteiger partial charge in [-0.2, -0.15) is 5.10 Å². The highest BCUT2D eigenvalue weighted by molar-refractivity contribution is 6.03. The molecule has 2 unspecified atom stereocenters. The number of carbonyl (C=O) groups excluding carboxylic acids is 2. The molecule has 24 heavy (non-hydrogen) atoms. The summed E-state index contributed by atoms with van der Waals surface area (Å²) in [5, 5.41) is 13.4. The summed E-state index contributed by atoms with van der Waals surface area (Å²) in [6.07, 6.45) is 3.91. The van der Waals surface area contributed by atoms with Gasteiger partial charge in [-0.25, -0.2) is 4.68 Å². The second-order valence-corrected chi connectivity index (χ2v) is 5.75. The third kappa shape index (κ3) is 3.43. The zero-order chi connectivity index (χ0) is 17.1. The van der Waals surface area contributed by atoms with Crippen LogP contribution < -0.4 is 16.0 Å². The van der Waals surface area contributed by atoms with Crippen LogP contribution >= 0.6 is 0 Å². The van der Waals surface area contributed by atoms with Crippen LogP contribution in [0.15, 0.2) is 30.6 Å². The van der Waals surface area contributed by atoms with Crippen LogP contribution in [0.25, 0.3) is 0 Å². The molecular formula is C16H20N6O2. The van der Waals surface area contributed by atoms with Crippen molar-refractivity contribution in [2.24, 2.45) is 0 Å². The molecule has 2 amide bonds. The van der Waals surface area contributed by atoms with E-state index in [1.807, 2.05) is 13.8 Å². The molecule has 2 aromatic heterocycles. The molecule has 1 saturated heterocycles. The first kappa shape index (κ1) is 16.1. The molecule has 0 aliphatic carbocycles. The van der Waals surface area contributed by atoms with Crippen molar-refractivity contribution in [3.63, 3.8) is 0 Å². The maximum absolute atomic E-state index is 12.4. The highest BCUT2D eigenvalue weighted by Crippen LogP contribution is 2.18. The largest absolute Gasteiger partial charge is 0.322 e. The summed E-state index contributed by atoms with van der Waals surface area (Å²) in [4.78, 5) is 28.1. The molecule has 0 radical (unpaired) electrons. The van der Waals surface area contributed by atoms with Gasteiger partial charge in [0.05, 0.1) is 5.69 Å². The van der Waals surface area contributed by atoms with E-state index in [-0.39, 0.29) is 17.9 Å². The summed E-state index contributed by atoms with van der Waals surface area (Å²) in [7, 11) is 0. The molecule has 3 heterocycles. The lowest BCUT2D eigenvalue weighted by Crippen LogP contribution is -2.53. The third-order valence-corrected chi connectivity index (χ3v) is 3.90. The number of anilines is 1. The van der Waals surface area contributed by atoms with Gasteiger partial charge in [-0.15, -0.1) is 0 Å². The van der Waals surface area contributed by atoms with E-state index < -0.39 is 6.29 Å². The van der Waals surface area contributed by atoms with Crippen LogP contribution in [-0.4, -0.2) is 32.6 Å². The number of aromatic nitrogens is 3. The SMILES string of the molecule is CCC1CC(=O)NC(n2nc(C)cc2NC(=O)c2ccncc2)N1. The Bertz CT molecular complexity index is 742. The van der Waals surface area contributed by atoms with Crippen molar-refractivity contribution in [1.29, 1.82) is 0 Å². The molecule has 0 spiro atoms. The number of nitrogens with zero attached hydrogens (tertiary/aromatic N) is 3. The van der Waals surface area contributed by atoms with E-state index in [1.54, 1.807) is 35.3 Å². The molecule has 0 aromatic carbocycles. The van der Waals surface area contributed by atoms with Crippen LogP contribution in [0.1, 0.15) is 42.1 Å². The molecule has 2 aromatic rings. The first-order chi connectivity index (χ1) is 11.6. The highest BCUT2D eigenvalue weighted by Gasteiger charge is 2.28. The van der Waals surface area contributed by atoms with Crippen LogP contribution in [0.2, 0.25) is 0 Å². The molecule has 3 N–H and O–H groups in total. The minimum Gasteiger partial charge on any atom is -0.322 e. The summed E-state index contributed by atoms with van der Waals surface area (Å²) in [6.45, 7) is 3.86. The van der Waals surface area contributed by atoms with E-state index in [1.165, 1.54) is 0 Å². The average molecular weight is 328 g/mol. The molecule has 8 heteroatoms. The zero-order valence-corrected chi connectivity index (χ0v) is 13.6. The van der Waals surface area contributed by atoms with Crippen molar-refractivity contribution in [3.05, 3.63) is 41.9 Å². The van der Waals surface area contributed by atoms with Gasteiger partial charge in [-0.05, 0) is 25.5 Å². The summed E-state index contributed by atoms with van der Waals surface area (Å²) in [5.41, 5.74) is 1.25. The van der Waals surface area contributed by atoms with Crippen LogP contribution in [-0.2, 0) is 4.79 Å². The van der Waals surface area contributed by atoms with E-state index >= 15 is 0 Å². The normalized spacial score (nSPS) is 20.5. The molecular weight excluding hydrogens is 308 g/mol. The van der Waals surface area contributed by atoms with Gasteiger partial charge in [0.25, 0.3) is 5.91 Å². The molecule has 126 valence electrons. The van der Waals surface area contributed by atoms with E-state index in [9.17, 15) is 9.59 Å². The van der Waals surface area contributed by atoms with Gasteiger partial charge in [-0.1, -0.05) is 6.92 Å². The Morgan fingerprint density at radius 2 is 2.17 bits per heavy atom. The second-order valence-electron chi connectivity index (χ2n) is 5.75. The molecule has 1 fully saturated rings. The lowest BCUT2D eigenvalue weighted by atomic mass is 10.1. The second kappa shape index (κ2) is 6.79. The number of carbonyl (C=O) groups is 2. The molecule has 8 nitrogen and oxygen atoms in total. The number of hydrogen-bond acceptors (Lipinski definition) is 5. The third-order valence-electron chi connectivity index (χ3n) is 3.90. The number of nitrogens with one attached hydrogen (secondary N) is 3. The van der Waals surface area contributed by atoms with Crippen molar-refractivity contribution in [3.8, 4) is 0 Å². The Balaban J connectivity index is 1.83. The quantitative estimate of drug-likeness (QED) is 0.782. The van der Waals surface area contributed by atoms with Gasteiger partial charge in [0.15, 0.2) is 6.29 Å². The lowest BCUT2D eigenvalue weighted by Gasteiger charge is -2.31. The zero-order valence-electron chi connectivity index (χ0n) is 13.6. The first-order valence-electron chi connectivity index (χ1n) is 7.89. The van der Waals surface area contributed by atoms with Gasteiger partial charge in [0.1, 0.15) is 5.82 Å². The predicted molar refractivity (Wildman–Crippen MR) is 88.2 cm³/mol. The van der Waals surface area contributed by atoms with E-state index in [2.05, 4.69) is 26.0 Å². The Labute approximate surface area is 139 Å². The van der Waals surface area contributed by atoms with Gasteiger partial charge in [0, 0.05) is 36.5 Å². The van der Waals surface area contributed by atoms with Gasteiger partial charge in [-0.3, -0.25) is 19.9 Å². The maximum Gasteiger partial charge on any atom is 0.256 e. The van der Waals surface area contributed by atoms with Crippen molar-refractivity contribution < 1.29 is 9.59 Å². The van der Waals surface area contributed by atoms with E-state index in [4.69, 9.17) is 0 Å². The molecule has 2 atom stereocenters. The highest BCUT2D eigenvalue weighted by atomic mass is 16.2. The Morgan fingerprint density at radius 1 is 1.42 bits per heavy atom. The number of amides is 2. The van der Waals surface area contributed by atoms with Crippen molar-refractivity contribution >= 4 is 17.6 Å². The first-order valence-corrected chi connectivity index (χ1v) is 7.89. The monoisotopic (exact) mass is 328 g/mol. The van der Waals surface area contributed by atoms with Crippen molar-refractivity contribution in [2.45, 2.75) is 39.0 Å². The average Bonchev–Trinajstić information content (AvgIpc) is 2.95. The van der Waals surface area contributed by atoms with Crippen LogP contribution in [0, 0.1) is 6.92 Å². The Morgan fingerprint density at radius 3 is 2.88 bits per heavy atom. The Hall–Kier alpha value is -2.74. The van der Waals surface area contributed by atoms with Crippen LogP contribution in [0.4, 0.5) is 5.82 Å². The van der Waals surface area contributed by atoms with Crippen molar-refractivity contribution in [1.82, 2.24) is 25.4 Å². The van der Waals surface area contributed by atoms with Gasteiger partial charge >= 0.3 is 0 Å². The number of hydrogen-bond donors (Lipinski definition) is 3. The van der Waals surface area contributed by atoms with Crippen molar-refractivity contribution in [2.75, 3.05) is 5.32 Å². The smallest absolute Gasteiger partial charge is 0.256 e. The fraction of sp³-hybridized carbons (Fsp3) is 0.375. The van der Waals surface area contributed by atoms with E-state index in [0.29, 0.717) is 17.8 Å². The molecule has 1 aliphatic rings. The fourth-order valence-corrected chi connectivity index (χ4v) is 2.65. The van der Waals surface area contributed by atoms with Gasteiger partial charge in [0.2, 0.25) is 5.91 Å². The van der Waals surface area contributed by atoms with Crippen LogP contribution in [0.3, 0.4) is 0 Å². The summed E-state index contributed by atoms with van der Waals surface area (Å²) in [6, 6.07) is 5.12. The Kier molecular flexibility index (Phi) is 4.57. The molecule has 0 bridgehead atoms. The number of pyridine rings is 1. The minimum absolute atomic E-state index is 0.0369. The number of aryl methyl sites for hydroxylation is 1. The minimum atomic E-state index is -0.488. The summed E-state index contributed by atoms with van der Waals surface area (Å²) >= 11 is 0. The summed E-state index contributed by atoms with van der Waals surface area (Å²) < 4.78 is 1.59. The van der Waals surface area contributed by atoms with E-state index in [0.717, 1.165) is 12.1 Å². The molecule has 3 rings (SSSR count). The molecule has 0 saturated carbocycles. The topological polar surface area (TPSA) is 101 Å². The number of rotatable bonds is 4. The fourth-order valence-electron chi connectivity index (χ4n) is 2.65. The van der Waals surface area contributed by atoms with Crippen LogP contribution in [0.5, 0.6) is 0 Å². The maximum atomic E-state index is 12.4. The summed E-state index contributed by atoms with van der Waals surface area (Å²) in [5.74, 6) is 0.224. The predicted octanol–water partition coefficient (Wildman–Crippen LogP) is 1.18. The van der Waals surface area contributed by atoms with Gasteiger partial charge < -0.3 is 10.6 Å². The lowest BCUT2D eigenvalue weighted by molar-refractivity contribution is -0.125.